The second kappa shape index (κ2) is 3.67. The number of aromatic nitrogens is 1. The molecule has 4 aromatic rings. The largest absolute Gasteiger partial charge is 0.219 e. The van der Waals surface area contributed by atoms with Crippen LogP contribution in [-0.2, 0) is 5.41 Å². The van der Waals surface area contributed by atoms with Crippen molar-refractivity contribution in [2.45, 2.75) is 26.1 Å². The van der Waals surface area contributed by atoms with E-state index in [0.29, 0.717) is 5.56 Å². The lowest BCUT2D eigenvalue weighted by Gasteiger charge is -2.21. The second-order valence-electron chi connectivity index (χ2n) is 6.76. The van der Waals surface area contributed by atoms with Crippen molar-refractivity contribution in [1.29, 1.82) is 0 Å². The predicted molar refractivity (Wildman–Crippen MR) is 92.4 cm³/mol. The molecule has 1 aromatic heterocycles. The molecule has 3 aromatic carbocycles. The van der Waals surface area contributed by atoms with E-state index in [1.54, 1.807) is 6.20 Å². The maximum absolute atomic E-state index is 7.75. The molecule has 1 heteroatoms. The van der Waals surface area contributed by atoms with Gasteiger partial charge in [-0.1, -0.05) is 44.2 Å². The number of H-pyrrole nitrogens is 1. The van der Waals surface area contributed by atoms with Crippen molar-refractivity contribution < 1.29 is 9.10 Å². The highest BCUT2D eigenvalue weighted by atomic mass is 14.7. The minimum atomic E-state index is -2.12. The SMILES string of the molecule is [2H]C([2H])([2H])c1c[nH+]c2c(c1)c1cccc3c1c1c(cccc21)C3(C)C. The highest BCUT2D eigenvalue weighted by molar-refractivity contribution is 6.27. The fourth-order valence-electron chi connectivity index (χ4n) is 4.20. The van der Waals surface area contributed by atoms with E-state index in [1.807, 2.05) is 6.07 Å². The fraction of sp³-hybridized carbons (Fsp3) is 0.190. The van der Waals surface area contributed by atoms with Gasteiger partial charge in [0.15, 0.2) is 6.20 Å². The van der Waals surface area contributed by atoms with Gasteiger partial charge in [-0.15, -0.1) is 0 Å². The van der Waals surface area contributed by atoms with Crippen molar-refractivity contribution in [2.75, 3.05) is 0 Å². The molecule has 1 N–H and O–H groups in total. The minimum absolute atomic E-state index is 0.0500. The highest BCUT2D eigenvalue weighted by Gasteiger charge is 2.35. The number of aromatic amines is 1. The van der Waals surface area contributed by atoms with E-state index in [9.17, 15) is 0 Å². The van der Waals surface area contributed by atoms with E-state index in [4.69, 9.17) is 4.11 Å². The molecule has 0 atom stereocenters. The van der Waals surface area contributed by atoms with Crippen LogP contribution < -0.4 is 4.98 Å². The van der Waals surface area contributed by atoms with Gasteiger partial charge in [0.2, 0.25) is 5.52 Å². The molecule has 22 heavy (non-hydrogen) atoms. The van der Waals surface area contributed by atoms with Crippen molar-refractivity contribution in [3.8, 4) is 0 Å². The van der Waals surface area contributed by atoms with Gasteiger partial charge >= 0.3 is 0 Å². The number of pyridine rings is 1. The van der Waals surface area contributed by atoms with Crippen LogP contribution >= 0.6 is 0 Å². The van der Waals surface area contributed by atoms with Crippen LogP contribution in [0.3, 0.4) is 0 Å². The summed E-state index contributed by atoms with van der Waals surface area (Å²) >= 11 is 0. The summed E-state index contributed by atoms with van der Waals surface area (Å²) in [4.78, 5) is 3.28. The van der Waals surface area contributed by atoms with Gasteiger partial charge in [-0.05, 0) is 40.9 Å². The van der Waals surface area contributed by atoms with Gasteiger partial charge in [-0.2, -0.15) is 0 Å². The Morgan fingerprint density at radius 3 is 2.32 bits per heavy atom. The maximum atomic E-state index is 7.75. The smallest absolute Gasteiger partial charge is 0.210 e. The molecule has 1 aliphatic rings. The first-order valence-electron chi connectivity index (χ1n) is 9.14. The van der Waals surface area contributed by atoms with Crippen molar-refractivity contribution in [3.63, 3.8) is 0 Å². The molecule has 0 spiro atoms. The summed E-state index contributed by atoms with van der Waals surface area (Å²) in [5, 5.41) is 5.83. The molecule has 0 saturated carbocycles. The summed E-state index contributed by atoms with van der Waals surface area (Å²) < 4.78 is 23.2. The molecule has 0 unspecified atom stereocenters. The molecular formula is C21H18N+. The van der Waals surface area contributed by atoms with Crippen LogP contribution in [0.2, 0.25) is 0 Å². The summed E-state index contributed by atoms with van der Waals surface area (Å²) in [6.45, 7) is 2.41. The molecule has 106 valence electrons. The quantitative estimate of drug-likeness (QED) is 0.408. The molecule has 0 saturated heterocycles. The summed E-state index contributed by atoms with van der Waals surface area (Å²) in [6.07, 6.45) is 1.63. The Morgan fingerprint density at radius 1 is 0.909 bits per heavy atom. The number of nitrogens with one attached hydrogen (secondary N) is 1. The van der Waals surface area contributed by atoms with E-state index in [2.05, 4.69) is 55.2 Å². The van der Waals surface area contributed by atoms with Crippen LogP contribution in [-0.4, -0.2) is 0 Å². The topological polar surface area (TPSA) is 14.1 Å². The van der Waals surface area contributed by atoms with Gasteiger partial charge in [0, 0.05) is 20.5 Å². The van der Waals surface area contributed by atoms with E-state index >= 15 is 0 Å². The van der Waals surface area contributed by atoms with Crippen molar-refractivity contribution >= 4 is 32.4 Å². The summed E-state index contributed by atoms with van der Waals surface area (Å²) in [7, 11) is 0. The Bertz CT molecular complexity index is 1200. The lowest BCUT2D eigenvalue weighted by Crippen LogP contribution is -2.14. The first kappa shape index (κ1) is 9.58. The third kappa shape index (κ3) is 1.24. The molecule has 5 rings (SSSR count). The third-order valence-electron chi connectivity index (χ3n) is 5.23. The average molecular weight is 287 g/mol. The molecule has 0 radical (unpaired) electrons. The molecule has 1 heterocycles. The van der Waals surface area contributed by atoms with Gasteiger partial charge in [0.25, 0.3) is 0 Å². The zero-order valence-electron chi connectivity index (χ0n) is 15.6. The Balaban J connectivity index is 2.10. The summed E-state index contributed by atoms with van der Waals surface area (Å²) in [5.74, 6) is 0. The van der Waals surface area contributed by atoms with Crippen molar-refractivity contribution in [1.82, 2.24) is 0 Å². The minimum Gasteiger partial charge on any atom is -0.210 e. The van der Waals surface area contributed by atoms with Crippen LogP contribution in [0.5, 0.6) is 0 Å². The predicted octanol–water partition coefficient (Wildman–Crippen LogP) is 4.91. The number of aryl methyl sites for hydroxylation is 1. The number of hydrogen-bond donors (Lipinski definition) is 0. The van der Waals surface area contributed by atoms with Crippen LogP contribution in [0.25, 0.3) is 32.4 Å². The monoisotopic (exact) mass is 287 g/mol. The maximum Gasteiger partial charge on any atom is 0.219 e. The Kier molecular flexibility index (Phi) is 1.60. The van der Waals surface area contributed by atoms with Gasteiger partial charge < -0.3 is 0 Å². The Hall–Kier alpha value is -2.41. The van der Waals surface area contributed by atoms with Crippen LogP contribution in [0, 0.1) is 6.85 Å². The number of fused-ring (bicyclic) bond motifs is 3. The lowest BCUT2D eigenvalue weighted by atomic mass is 9.82. The molecule has 0 bridgehead atoms. The van der Waals surface area contributed by atoms with Crippen molar-refractivity contribution in [2.24, 2.45) is 0 Å². The number of rotatable bonds is 0. The van der Waals surface area contributed by atoms with Crippen LogP contribution in [0.15, 0.2) is 48.7 Å². The summed E-state index contributed by atoms with van der Waals surface area (Å²) in [6, 6.07) is 14.7. The molecule has 1 aliphatic carbocycles. The first-order valence-corrected chi connectivity index (χ1v) is 7.64. The van der Waals surface area contributed by atoms with E-state index < -0.39 is 6.85 Å². The van der Waals surface area contributed by atoms with Crippen molar-refractivity contribution in [3.05, 3.63) is 65.4 Å². The Labute approximate surface area is 133 Å². The molecular weight excluding hydrogens is 266 g/mol. The highest BCUT2D eigenvalue weighted by Crippen LogP contribution is 2.50. The molecule has 1 nitrogen and oxygen atoms in total. The van der Waals surface area contributed by atoms with Gasteiger partial charge in [0.05, 0.1) is 10.8 Å². The summed E-state index contributed by atoms with van der Waals surface area (Å²) in [5.41, 5.74) is 3.96. The number of hydrogen-bond acceptors (Lipinski definition) is 0. The Morgan fingerprint density at radius 2 is 1.59 bits per heavy atom. The zero-order chi connectivity index (χ0) is 17.6. The number of benzene rings is 3. The van der Waals surface area contributed by atoms with E-state index in [-0.39, 0.29) is 5.41 Å². The van der Waals surface area contributed by atoms with Gasteiger partial charge in [-0.25, -0.2) is 4.98 Å². The van der Waals surface area contributed by atoms with E-state index in [0.717, 1.165) is 21.7 Å². The van der Waals surface area contributed by atoms with Gasteiger partial charge in [-0.3, -0.25) is 0 Å². The lowest BCUT2D eigenvalue weighted by molar-refractivity contribution is -0.344. The fourth-order valence-corrected chi connectivity index (χ4v) is 4.20. The zero-order valence-corrected chi connectivity index (χ0v) is 12.6. The normalized spacial score (nSPS) is 18.0. The first-order chi connectivity index (χ1) is 11.8. The molecule has 0 amide bonds. The third-order valence-corrected chi connectivity index (χ3v) is 5.23. The van der Waals surface area contributed by atoms with Crippen LogP contribution in [0.1, 0.15) is 34.7 Å². The standard InChI is InChI=1S/C21H17N/c1-12-10-15-13-6-4-8-16-18(13)19-14(20(15)22-11-12)7-5-9-17(19)21(16,2)3/h4-11H,1-3H3/p+1/i1D3. The van der Waals surface area contributed by atoms with Gasteiger partial charge in [0.1, 0.15) is 0 Å². The molecule has 0 fully saturated rings. The van der Waals surface area contributed by atoms with E-state index in [1.165, 1.54) is 21.9 Å². The molecule has 0 aliphatic heterocycles. The average Bonchev–Trinajstić information content (AvgIpc) is 2.82. The van der Waals surface area contributed by atoms with Crippen LogP contribution in [0.4, 0.5) is 0 Å². The second-order valence-corrected chi connectivity index (χ2v) is 6.76.